The molecule has 0 bridgehead atoms. The first-order chi connectivity index (χ1) is 14.5. The molecule has 0 spiro atoms. The first-order valence-corrected chi connectivity index (χ1v) is 10.9. The van der Waals surface area contributed by atoms with Crippen LogP contribution in [0.5, 0.6) is 0 Å². The van der Waals surface area contributed by atoms with Crippen molar-refractivity contribution in [2.45, 2.75) is 38.8 Å². The average Bonchev–Trinajstić information content (AvgIpc) is 3.26. The summed E-state index contributed by atoms with van der Waals surface area (Å²) in [5, 5.41) is 24.7. The van der Waals surface area contributed by atoms with Crippen molar-refractivity contribution in [3.8, 4) is 11.1 Å². The van der Waals surface area contributed by atoms with Gasteiger partial charge in [0.15, 0.2) is 5.01 Å². The Bertz CT molecular complexity index is 1150. The zero-order valence-corrected chi connectivity index (χ0v) is 17.9. The molecule has 0 amide bonds. The highest BCUT2D eigenvalue weighted by Gasteiger charge is 2.29. The monoisotopic (exact) mass is 419 g/mol. The fraction of sp³-hybridized carbons (Fsp3) is 0.261. The van der Waals surface area contributed by atoms with Gasteiger partial charge in [0.1, 0.15) is 11.4 Å². The lowest BCUT2D eigenvalue weighted by molar-refractivity contribution is 0.0275. The molecule has 4 N–H and O–H groups in total. The number of nitrogen functional groups attached to an aromatic ring is 1. The van der Waals surface area contributed by atoms with Crippen molar-refractivity contribution < 1.29 is 5.11 Å². The smallest absolute Gasteiger partial charge is 0.206 e. The van der Waals surface area contributed by atoms with Crippen LogP contribution >= 0.6 is 11.3 Å². The normalized spacial score (nSPS) is 11.7. The molecule has 0 fully saturated rings. The Morgan fingerprint density at radius 3 is 2.53 bits per heavy atom. The second-order valence-electron chi connectivity index (χ2n) is 7.32. The van der Waals surface area contributed by atoms with Gasteiger partial charge in [-0.25, -0.2) is 4.98 Å². The maximum Gasteiger partial charge on any atom is 0.206 e. The molecule has 30 heavy (non-hydrogen) atoms. The topological polar surface area (TPSA) is 97.0 Å². The Balaban J connectivity index is 1.57. The zero-order valence-electron chi connectivity index (χ0n) is 17.1. The highest BCUT2D eigenvalue weighted by molar-refractivity contribution is 7.15. The van der Waals surface area contributed by atoms with E-state index in [-0.39, 0.29) is 0 Å². The van der Waals surface area contributed by atoms with E-state index in [1.165, 1.54) is 11.3 Å². The third kappa shape index (κ3) is 3.99. The summed E-state index contributed by atoms with van der Waals surface area (Å²) in [5.41, 5.74) is 9.29. The maximum absolute atomic E-state index is 10.6. The van der Waals surface area contributed by atoms with Crippen molar-refractivity contribution in [3.63, 3.8) is 0 Å². The molecule has 0 aliphatic heterocycles. The molecule has 7 heteroatoms. The molecule has 0 saturated heterocycles. The van der Waals surface area contributed by atoms with Crippen molar-refractivity contribution in [1.82, 2.24) is 15.2 Å². The van der Waals surface area contributed by atoms with E-state index in [0.717, 1.165) is 27.6 Å². The number of nitrogens with two attached hydrogens (primary N) is 1. The van der Waals surface area contributed by atoms with Gasteiger partial charge < -0.3 is 16.2 Å². The van der Waals surface area contributed by atoms with Gasteiger partial charge in [0.25, 0.3) is 0 Å². The lowest BCUT2D eigenvalue weighted by Gasteiger charge is -2.21. The third-order valence-corrected chi connectivity index (χ3v) is 6.49. The number of nitrogens with zero attached hydrogens (tertiary/aromatic N) is 3. The number of hydrogen-bond acceptors (Lipinski definition) is 7. The molecule has 0 aliphatic carbocycles. The fourth-order valence-electron chi connectivity index (χ4n) is 3.47. The summed E-state index contributed by atoms with van der Waals surface area (Å²) >= 11 is 1.40. The quantitative estimate of drug-likeness (QED) is 0.392. The van der Waals surface area contributed by atoms with Crippen LogP contribution in [0.2, 0.25) is 0 Å². The van der Waals surface area contributed by atoms with Gasteiger partial charge in [0.2, 0.25) is 5.13 Å². The Labute approximate surface area is 179 Å². The highest BCUT2D eigenvalue weighted by Crippen LogP contribution is 2.33. The summed E-state index contributed by atoms with van der Waals surface area (Å²) in [4.78, 5) is 4.53. The van der Waals surface area contributed by atoms with Crippen molar-refractivity contribution >= 4 is 33.2 Å². The second-order valence-corrected chi connectivity index (χ2v) is 8.29. The first kappa shape index (κ1) is 20.3. The van der Waals surface area contributed by atoms with Crippen LogP contribution in [-0.4, -0.2) is 20.3 Å². The number of benzene rings is 2. The maximum atomic E-state index is 10.6. The summed E-state index contributed by atoms with van der Waals surface area (Å²) < 4.78 is 0. The van der Waals surface area contributed by atoms with E-state index in [1.54, 1.807) is 0 Å². The van der Waals surface area contributed by atoms with Crippen LogP contribution < -0.4 is 11.1 Å². The molecule has 0 atom stereocenters. The van der Waals surface area contributed by atoms with Gasteiger partial charge >= 0.3 is 0 Å². The molecule has 2 aromatic heterocycles. The van der Waals surface area contributed by atoms with E-state index >= 15 is 0 Å². The van der Waals surface area contributed by atoms with Gasteiger partial charge in [-0.3, -0.25) is 0 Å². The third-order valence-electron chi connectivity index (χ3n) is 5.42. The molecule has 0 aliphatic rings. The number of rotatable bonds is 7. The summed E-state index contributed by atoms with van der Waals surface area (Å²) in [5.74, 6) is 0.499. The Hall–Kier alpha value is -3.03. The molecular formula is C23H25N5OS. The van der Waals surface area contributed by atoms with E-state index in [2.05, 4.69) is 44.8 Å². The summed E-state index contributed by atoms with van der Waals surface area (Å²) in [6.45, 7) is 4.49. The molecular weight excluding hydrogens is 394 g/mol. The van der Waals surface area contributed by atoms with Crippen molar-refractivity contribution in [2.24, 2.45) is 0 Å². The average molecular weight is 420 g/mol. The molecule has 4 rings (SSSR count). The summed E-state index contributed by atoms with van der Waals surface area (Å²) in [7, 11) is 0. The van der Waals surface area contributed by atoms with Crippen LogP contribution in [0.1, 0.15) is 37.3 Å². The van der Waals surface area contributed by atoms with Gasteiger partial charge in [-0.15, -0.1) is 10.2 Å². The Morgan fingerprint density at radius 1 is 1.03 bits per heavy atom. The van der Waals surface area contributed by atoms with E-state index in [4.69, 9.17) is 5.73 Å². The van der Waals surface area contributed by atoms with Crippen molar-refractivity contribution in [2.75, 3.05) is 11.1 Å². The van der Waals surface area contributed by atoms with E-state index in [1.807, 2.05) is 44.2 Å². The predicted molar refractivity (Wildman–Crippen MR) is 123 cm³/mol. The van der Waals surface area contributed by atoms with Crippen LogP contribution in [0.4, 0.5) is 10.9 Å². The van der Waals surface area contributed by atoms with Crippen molar-refractivity contribution in [1.29, 1.82) is 0 Å². The Morgan fingerprint density at radius 2 is 1.80 bits per heavy atom. The van der Waals surface area contributed by atoms with E-state index < -0.39 is 5.60 Å². The number of nitrogens with one attached hydrogen (secondary N) is 1. The molecule has 0 unspecified atom stereocenters. The molecule has 2 heterocycles. The minimum absolute atomic E-state index is 0.499. The molecule has 0 saturated carbocycles. The van der Waals surface area contributed by atoms with Crippen LogP contribution in [-0.2, 0) is 12.1 Å². The van der Waals surface area contributed by atoms with Gasteiger partial charge in [0.05, 0.1) is 5.52 Å². The number of pyridine rings is 1. The van der Waals surface area contributed by atoms with E-state index in [9.17, 15) is 5.11 Å². The Kier molecular flexibility index (Phi) is 5.65. The number of hydrogen-bond donors (Lipinski definition) is 3. The minimum atomic E-state index is -0.907. The van der Waals surface area contributed by atoms with Crippen LogP contribution in [0, 0.1) is 0 Å². The highest BCUT2D eigenvalue weighted by atomic mass is 32.1. The predicted octanol–water partition coefficient (Wildman–Crippen LogP) is 4.96. The van der Waals surface area contributed by atoms with Gasteiger partial charge in [-0.2, -0.15) is 0 Å². The lowest BCUT2D eigenvalue weighted by atomic mass is 9.99. The fourth-order valence-corrected chi connectivity index (χ4v) is 4.44. The number of aromatic nitrogens is 3. The molecule has 154 valence electrons. The SMILES string of the molecule is CCC(O)(CC)c1nnc(NCc2ccc3c(-c4ccccc4)cc(N)nc3c2)s1. The van der Waals surface area contributed by atoms with Gasteiger partial charge in [-0.1, -0.05) is 67.6 Å². The minimum Gasteiger partial charge on any atom is -0.384 e. The summed E-state index contributed by atoms with van der Waals surface area (Å²) in [6, 6.07) is 18.3. The van der Waals surface area contributed by atoms with Crippen molar-refractivity contribution in [3.05, 3.63) is 65.2 Å². The number of anilines is 2. The van der Waals surface area contributed by atoms with Gasteiger partial charge in [0, 0.05) is 11.9 Å². The molecule has 4 aromatic rings. The van der Waals surface area contributed by atoms with E-state index in [0.29, 0.717) is 35.3 Å². The number of fused-ring (bicyclic) bond motifs is 1. The van der Waals surface area contributed by atoms with Crippen LogP contribution in [0.15, 0.2) is 54.6 Å². The zero-order chi connectivity index (χ0) is 21.1. The summed E-state index contributed by atoms with van der Waals surface area (Å²) in [6.07, 6.45) is 1.22. The first-order valence-electron chi connectivity index (χ1n) is 10.1. The van der Waals surface area contributed by atoms with Crippen LogP contribution in [0.25, 0.3) is 22.0 Å². The van der Waals surface area contributed by atoms with Gasteiger partial charge in [-0.05, 0) is 41.7 Å². The second kappa shape index (κ2) is 8.38. The van der Waals surface area contributed by atoms with Crippen LogP contribution in [0.3, 0.4) is 0 Å². The molecule has 0 radical (unpaired) electrons. The lowest BCUT2D eigenvalue weighted by Crippen LogP contribution is -2.23. The largest absolute Gasteiger partial charge is 0.384 e. The number of aliphatic hydroxyl groups is 1. The standard InChI is InChI=1S/C23H25N5OS/c1-3-23(29,4-2)21-27-28-22(30-21)25-14-15-10-11-17-18(16-8-6-5-7-9-16)13-20(24)26-19(17)12-15/h5-13,29H,3-4,14H2,1-2H3,(H2,24,26)(H,25,28). The molecule has 2 aromatic carbocycles. The molecule has 6 nitrogen and oxygen atoms in total.